The van der Waals surface area contributed by atoms with Gasteiger partial charge in [0.2, 0.25) is 0 Å². The van der Waals surface area contributed by atoms with E-state index in [4.69, 9.17) is 21.1 Å². The number of amides is 1. The molecule has 2 heterocycles. The van der Waals surface area contributed by atoms with Crippen molar-refractivity contribution in [1.29, 1.82) is 0 Å². The maximum atomic E-state index is 12.8. The first-order valence-electron chi connectivity index (χ1n) is 9.33. The molecule has 0 aliphatic rings. The van der Waals surface area contributed by atoms with Gasteiger partial charge in [-0.05, 0) is 29.8 Å². The highest BCUT2D eigenvalue weighted by molar-refractivity contribution is 7.13. The van der Waals surface area contributed by atoms with Gasteiger partial charge in [0.15, 0.2) is 11.5 Å². The van der Waals surface area contributed by atoms with Crippen LogP contribution >= 0.6 is 22.9 Å². The number of carbonyl (C=O) groups excluding carboxylic acids is 1. The minimum atomic E-state index is -0.317. The van der Waals surface area contributed by atoms with Gasteiger partial charge >= 0.3 is 0 Å². The van der Waals surface area contributed by atoms with E-state index in [1.54, 1.807) is 36.5 Å². The number of aromatic nitrogens is 3. The fourth-order valence-electron chi connectivity index (χ4n) is 3.07. The molecule has 0 bridgehead atoms. The molecule has 0 atom stereocenters. The van der Waals surface area contributed by atoms with Crippen molar-refractivity contribution in [3.63, 3.8) is 0 Å². The van der Waals surface area contributed by atoms with Crippen LogP contribution in [0.2, 0.25) is 5.02 Å². The molecular formula is C22H19ClN4O3S. The van der Waals surface area contributed by atoms with Gasteiger partial charge in [-0.3, -0.25) is 4.79 Å². The minimum Gasteiger partial charge on any atom is -0.493 e. The molecule has 4 rings (SSSR count). The largest absolute Gasteiger partial charge is 0.493 e. The van der Waals surface area contributed by atoms with E-state index in [0.29, 0.717) is 39.6 Å². The number of hydrogen-bond donors (Lipinski definition) is 1. The molecule has 1 amide bonds. The molecule has 2 aromatic heterocycles. The molecule has 0 aliphatic heterocycles. The van der Waals surface area contributed by atoms with E-state index in [9.17, 15) is 4.79 Å². The molecule has 0 unspecified atom stereocenters. The monoisotopic (exact) mass is 454 g/mol. The van der Waals surface area contributed by atoms with E-state index in [-0.39, 0.29) is 5.91 Å². The molecular weight excluding hydrogens is 436 g/mol. The van der Waals surface area contributed by atoms with Crippen molar-refractivity contribution in [2.24, 2.45) is 0 Å². The van der Waals surface area contributed by atoms with Gasteiger partial charge in [0.25, 0.3) is 5.91 Å². The number of hydrogen-bond acceptors (Lipinski definition) is 6. The topological polar surface area (TPSA) is 78.3 Å². The van der Waals surface area contributed by atoms with Gasteiger partial charge in [0, 0.05) is 16.5 Å². The first-order chi connectivity index (χ1) is 15.1. The normalized spacial score (nSPS) is 10.7. The molecule has 4 aromatic rings. The summed E-state index contributed by atoms with van der Waals surface area (Å²) in [5, 5.41) is 10.2. The number of para-hydroxylation sites is 1. The number of halogens is 1. The van der Waals surface area contributed by atoms with Gasteiger partial charge in [-0.25, -0.2) is 9.67 Å². The third-order valence-electron chi connectivity index (χ3n) is 4.57. The van der Waals surface area contributed by atoms with Crippen molar-refractivity contribution in [1.82, 2.24) is 14.8 Å². The smallest absolute Gasteiger partial charge is 0.276 e. The van der Waals surface area contributed by atoms with Crippen molar-refractivity contribution in [2.45, 2.75) is 6.54 Å². The molecule has 7 nitrogen and oxygen atoms in total. The van der Waals surface area contributed by atoms with Gasteiger partial charge in [-0.1, -0.05) is 29.8 Å². The van der Waals surface area contributed by atoms with Crippen LogP contribution in [0, 0.1) is 0 Å². The Morgan fingerprint density at radius 3 is 2.68 bits per heavy atom. The van der Waals surface area contributed by atoms with Crippen molar-refractivity contribution in [2.75, 3.05) is 19.5 Å². The number of ether oxygens (including phenoxy) is 2. The molecule has 0 saturated heterocycles. The number of thiazole rings is 1. The second-order valence-electron chi connectivity index (χ2n) is 6.53. The predicted molar refractivity (Wildman–Crippen MR) is 121 cm³/mol. The molecule has 158 valence electrons. The lowest BCUT2D eigenvalue weighted by Crippen LogP contribution is -2.16. The van der Waals surface area contributed by atoms with E-state index in [0.717, 1.165) is 11.1 Å². The van der Waals surface area contributed by atoms with E-state index >= 15 is 0 Å². The zero-order valence-electron chi connectivity index (χ0n) is 16.8. The van der Waals surface area contributed by atoms with E-state index in [2.05, 4.69) is 15.4 Å². The first kappa shape index (κ1) is 20.9. The summed E-state index contributed by atoms with van der Waals surface area (Å²) in [6.45, 7) is 0.503. The van der Waals surface area contributed by atoms with Crippen molar-refractivity contribution >= 4 is 34.7 Å². The van der Waals surface area contributed by atoms with Crippen LogP contribution in [0.5, 0.6) is 11.5 Å². The van der Waals surface area contributed by atoms with Crippen molar-refractivity contribution in [3.05, 3.63) is 76.4 Å². The number of methoxy groups -OCH3 is 2. The van der Waals surface area contributed by atoms with Crippen LogP contribution < -0.4 is 14.8 Å². The fraction of sp³-hybridized carbons (Fsp3) is 0.136. The Hall–Kier alpha value is -3.36. The molecule has 0 saturated carbocycles. The second-order valence-corrected chi connectivity index (χ2v) is 7.83. The number of benzene rings is 2. The lowest BCUT2D eigenvalue weighted by atomic mass is 10.2. The molecule has 0 radical (unpaired) electrons. The van der Waals surface area contributed by atoms with Crippen LogP contribution in [0.15, 0.2) is 60.1 Å². The summed E-state index contributed by atoms with van der Waals surface area (Å²) in [6.07, 6.45) is 1.64. The van der Waals surface area contributed by atoms with E-state index < -0.39 is 0 Å². The first-order valence-corrected chi connectivity index (χ1v) is 10.6. The van der Waals surface area contributed by atoms with Gasteiger partial charge < -0.3 is 14.8 Å². The van der Waals surface area contributed by atoms with Gasteiger partial charge in [0.05, 0.1) is 32.5 Å². The van der Waals surface area contributed by atoms with Crippen LogP contribution in [0.3, 0.4) is 0 Å². The SMILES string of the molecule is COc1cccc(-c2nc(C(=O)Nc3ccnn3Cc3ccc(Cl)cc3)cs2)c1OC. The summed E-state index contributed by atoms with van der Waals surface area (Å²) in [5.41, 5.74) is 2.09. The molecule has 2 aromatic carbocycles. The third-order valence-corrected chi connectivity index (χ3v) is 5.70. The Morgan fingerprint density at radius 1 is 1.13 bits per heavy atom. The average Bonchev–Trinajstić information content (AvgIpc) is 3.44. The fourth-order valence-corrected chi connectivity index (χ4v) is 4.01. The van der Waals surface area contributed by atoms with Crippen LogP contribution in [0.1, 0.15) is 16.1 Å². The van der Waals surface area contributed by atoms with E-state index in [1.165, 1.54) is 11.3 Å². The number of anilines is 1. The highest BCUT2D eigenvalue weighted by atomic mass is 35.5. The standard InChI is InChI=1S/C22H19ClN4O3S/c1-29-18-5-3-4-16(20(18)30-2)22-25-17(13-31-22)21(28)26-19-10-11-24-27(19)12-14-6-8-15(23)9-7-14/h3-11,13H,12H2,1-2H3,(H,26,28). The number of nitrogens with one attached hydrogen (secondary N) is 1. The highest BCUT2D eigenvalue weighted by Crippen LogP contribution is 2.39. The summed E-state index contributed by atoms with van der Waals surface area (Å²) < 4.78 is 12.5. The van der Waals surface area contributed by atoms with Crippen LogP contribution in [-0.2, 0) is 6.54 Å². The maximum absolute atomic E-state index is 12.8. The Morgan fingerprint density at radius 2 is 1.94 bits per heavy atom. The Kier molecular flexibility index (Phi) is 6.20. The summed E-state index contributed by atoms with van der Waals surface area (Å²) in [6, 6.07) is 14.8. The molecule has 31 heavy (non-hydrogen) atoms. The van der Waals surface area contributed by atoms with Crippen molar-refractivity contribution in [3.8, 4) is 22.1 Å². The summed E-state index contributed by atoms with van der Waals surface area (Å²) >= 11 is 7.30. The number of nitrogens with zero attached hydrogens (tertiary/aromatic N) is 3. The molecule has 0 fully saturated rings. The summed E-state index contributed by atoms with van der Waals surface area (Å²) in [5.74, 6) is 1.44. The molecule has 1 N–H and O–H groups in total. The Balaban J connectivity index is 1.52. The van der Waals surface area contributed by atoms with E-state index in [1.807, 2.05) is 42.5 Å². The number of rotatable bonds is 7. The summed E-state index contributed by atoms with van der Waals surface area (Å²) in [4.78, 5) is 17.3. The summed E-state index contributed by atoms with van der Waals surface area (Å²) in [7, 11) is 3.15. The van der Waals surface area contributed by atoms with Crippen LogP contribution in [-0.4, -0.2) is 34.9 Å². The van der Waals surface area contributed by atoms with Crippen molar-refractivity contribution < 1.29 is 14.3 Å². The Labute approximate surface area is 188 Å². The lowest BCUT2D eigenvalue weighted by Gasteiger charge is -2.10. The molecule has 0 aliphatic carbocycles. The highest BCUT2D eigenvalue weighted by Gasteiger charge is 2.18. The van der Waals surface area contributed by atoms with Crippen LogP contribution in [0.4, 0.5) is 5.82 Å². The minimum absolute atomic E-state index is 0.309. The maximum Gasteiger partial charge on any atom is 0.276 e. The third kappa shape index (κ3) is 4.55. The van der Waals surface area contributed by atoms with Gasteiger partial charge in [0.1, 0.15) is 16.5 Å². The zero-order valence-corrected chi connectivity index (χ0v) is 18.4. The van der Waals surface area contributed by atoms with Gasteiger partial charge in [-0.2, -0.15) is 5.10 Å². The van der Waals surface area contributed by atoms with Gasteiger partial charge in [-0.15, -0.1) is 11.3 Å². The average molecular weight is 455 g/mol. The Bertz CT molecular complexity index is 1200. The molecule has 9 heteroatoms. The van der Waals surface area contributed by atoms with Crippen LogP contribution in [0.25, 0.3) is 10.6 Å². The predicted octanol–water partition coefficient (Wildman–Crippen LogP) is 4.98. The number of carbonyl (C=O) groups is 1. The quantitative estimate of drug-likeness (QED) is 0.426. The molecule has 0 spiro atoms. The zero-order chi connectivity index (χ0) is 21.8. The lowest BCUT2D eigenvalue weighted by molar-refractivity contribution is 0.102. The second kappa shape index (κ2) is 9.20.